The van der Waals surface area contributed by atoms with Crippen LogP contribution in [0, 0.1) is 0 Å². The maximum absolute atomic E-state index is 12.0. The molecule has 1 aromatic rings. The summed E-state index contributed by atoms with van der Waals surface area (Å²) in [7, 11) is -3.02. The Morgan fingerprint density at radius 1 is 1.37 bits per heavy atom. The van der Waals surface area contributed by atoms with E-state index in [9.17, 15) is 17.2 Å². The Labute approximate surface area is 115 Å². The van der Waals surface area contributed by atoms with Crippen molar-refractivity contribution in [1.82, 2.24) is 5.32 Å². The summed E-state index contributed by atoms with van der Waals surface area (Å²) in [5.41, 5.74) is 0. The number of nitrogens with one attached hydrogen (secondary N) is 1. The molecule has 1 rings (SSSR count). The van der Waals surface area contributed by atoms with E-state index in [0.29, 0.717) is 29.8 Å². The number of thioether (sulfide) groups is 1. The van der Waals surface area contributed by atoms with E-state index in [2.05, 4.69) is 5.32 Å². The lowest BCUT2D eigenvalue weighted by Gasteiger charge is -2.11. The molecule has 0 spiro atoms. The molecule has 19 heavy (non-hydrogen) atoms. The van der Waals surface area contributed by atoms with E-state index in [1.807, 2.05) is 0 Å². The molecule has 0 aliphatic rings. The van der Waals surface area contributed by atoms with Gasteiger partial charge in [-0.15, -0.1) is 0 Å². The molecule has 8 heteroatoms. The average Bonchev–Trinajstić information content (AvgIpc) is 2.69. The van der Waals surface area contributed by atoms with E-state index in [1.54, 1.807) is 19.1 Å². The van der Waals surface area contributed by atoms with Gasteiger partial charge in [-0.05, 0) is 19.1 Å². The predicted molar refractivity (Wildman–Crippen MR) is 72.0 cm³/mol. The van der Waals surface area contributed by atoms with Crippen molar-refractivity contribution in [3.63, 3.8) is 0 Å². The van der Waals surface area contributed by atoms with Gasteiger partial charge < -0.3 is 9.73 Å². The molecule has 0 saturated carbocycles. The number of furan rings is 1. The first-order chi connectivity index (χ1) is 8.76. The summed E-state index contributed by atoms with van der Waals surface area (Å²) in [4.78, 5) is 0. The van der Waals surface area contributed by atoms with Crippen LogP contribution in [0.2, 0.25) is 0 Å². The van der Waals surface area contributed by atoms with Crippen LogP contribution in [0.15, 0.2) is 16.5 Å². The fourth-order valence-electron chi connectivity index (χ4n) is 1.53. The third kappa shape index (κ3) is 7.54. The fraction of sp³-hybridized carbons (Fsp3) is 0.636. The minimum absolute atomic E-state index is 0.0435. The van der Waals surface area contributed by atoms with Gasteiger partial charge in [0.2, 0.25) is 0 Å². The summed E-state index contributed by atoms with van der Waals surface area (Å²) in [6.45, 7) is 2.13. The monoisotopic (exact) mass is 313 g/mol. The van der Waals surface area contributed by atoms with E-state index in [4.69, 9.17) is 4.42 Å². The van der Waals surface area contributed by atoms with Gasteiger partial charge in [0.25, 0.3) is 5.76 Å². The van der Waals surface area contributed by atoms with Gasteiger partial charge in [0, 0.05) is 12.3 Å². The summed E-state index contributed by atoms with van der Waals surface area (Å²) in [6, 6.07) is 3.15. The van der Waals surface area contributed by atoms with Crippen LogP contribution in [-0.2, 0) is 22.1 Å². The van der Waals surface area contributed by atoms with Gasteiger partial charge in [0.05, 0.1) is 18.1 Å². The number of hydrogen-bond donors (Lipinski definition) is 1. The van der Waals surface area contributed by atoms with Crippen LogP contribution in [0.5, 0.6) is 0 Å². The van der Waals surface area contributed by atoms with Crippen molar-refractivity contribution in [1.29, 1.82) is 0 Å². The average molecular weight is 313 g/mol. The van der Waals surface area contributed by atoms with Gasteiger partial charge >= 0.3 is 0 Å². The molecule has 1 aromatic heterocycles. The summed E-state index contributed by atoms with van der Waals surface area (Å²) in [6.07, 6.45) is 1.18. The zero-order chi connectivity index (χ0) is 14.5. The van der Waals surface area contributed by atoms with Gasteiger partial charge in [0.1, 0.15) is 21.4 Å². The normalized spacial score (nSPS) is 13.9. The Morgan fingerprint density at radius 2 is 2.00 bits per heavy atom. The second kappa shape index (κ2) is 7.25. The Hall–Kier alpha value is -0.600. The first kappa shape index (κ1) is 16.5. The molecule has 1 atom stereocenters. The second-order valence-corrected chi connectivity index (χ2v) is 7.48. The van der Waals surface area contributed by atoms with Crippen molar-refractivity contribution in [3.8, 4) is 0 Å². The van der Waals surface area contributed by atoms with Gasteiger partial charge in [-0.2, -0.15) is 8.78 Å². The zero-order valence-corrected chi connectivity index (χ0v) is 12.4. The molecule has 1 N–H and O–H groups in total. The Kier molecular flexibility index (Phi) is 6.28. The maximum atomic E-state index is 12.0. The molecule has 0 aliphatic heterocycles. The highest BCUT2D eigenvalue weighted by atomic mass is 32.2. The van der Waals surface area contributed by atoms with Gasteiger partial charge in [-0.25, -0.2) is 8.42 Å². The van der Waals surface area contributed by atoms with Crippen molar-refractivity contribution >= 4 is 21.6 Å². The van der Waals surface area contributed by atoms with Crippen LogP contribution in [0.1, 0.15) is 18.4 Å². The smallest absolute Gasteiger partial charge is 0.284 e. The van der Waals surface area contributed by atoms with E-state index in [0.717, 1.165) is 0 Å². The van der Waals surface area contributed by atoms with Crippen molar-refractivity contribution in [3.05, 3.63) is 23.7 Å². The SMILES string of the molecule is CC(CS(C)(=O)=O)NCc1ccc(CSC(F)F)o1. The quantitative estimate of drug-likeness (QED) is 0.798. The van der Waals surface area contributed by atoms with Crippen LogP contribution in [0.25, 0.3) is 0 Å². The van der Waals surface area contributed by atoms with E-state index in [-0.39, 0.29) is 17.5 Å². The Balaban J connectivity index is 2.37. The molecule has 0 fully saturated rings. The Morgan fingerprint density at radius 3 is 2.58 bits per heavy atom. The third-order valence-electron chi connectivity index (χ3n) is 2.25. The lowest BCUT2D eigenvalue weighted by Crippen LogP contribution is -2.32. The molecule has 0 amide bonds. The summed E-state index contributed by atoms with van der Waals surface area (Å²) in [5, 5.41) is 3.01. The van der Waals surface area contributed by atoms with E-state index < -0.39 is 15.6 Å². The van der Waals surface area contributed by atoms with Crippen molar-refractivity contribution in [2.75, 3.05) is 12.0 Å². The molecule has 0 radical (unpaired) electrons. The molecule has 0 bridgehead atoms. The maximum Gasteiger partial charge on any atom is 0.284 e. The highest BCUT2D eigenvalue weighted by molar-refractivity contribution is 7.98. The van der Waals surface area contributed by atoms with Crippen LogP contribution >= 0.6 is 11.8 Å². The first-order valence-corrected chi connectivity index (χ1v) is 8.75. The third-order valence-corrected chi connectivity index (χ3v) is 4.06. The van der Waals surface area contributed by atoms with E-state index in [1.165, 1.54) is 6.26 Å². The van der Waals surface area contributed by atoms with Gasteiger partial charge in [-0.1, -0.05) is 11.8 Å². The topological polar surface area (TPSA) is 59.3 Å². The molecular formula is C11H17F2NO3S2. The van der Waals surface area contributed by atoms with E-state index >= 15 is 0 Å². The van der Waals surface area contributed by atoms with Crippen LogP contribution < -0.4 is 5.32 Å². The van der Waals surface area contributed by atoms with Crippen LogP contribution in [0.4, 0.5) is 8.78 Å². The summed E-state index contributed by atoms with van der Waals surface area (Å²) >= 11 is 0.503. The highest BCUT2D eigenvalue weighted by Crippen LogP contribution is 2.21. The zero-order valence-electron chi connectivity index (χ0n) is 10.7. The number of rotatable bonds is 8. The van der Waals surface area contributed by atoms with Crippen LogP contribution in [0.3, 0.4) is 0 Å². The molecule has 1 heterocycles. The molecule has 1 unspecified atom stereocenters. The summed E-state index contributed by atoms with van der Waals surface area (Å²) in [5.74, 6) is -1.16. The number of sulfone groups is 1. The van der Waals surface area contributed by atoms with Crippen molar-refractivity contribution < 1.29 is 21.6 Å². The Bertz CT molecular complexity index is 488. The van der Waals surface area contributed by atoms with Crippen LogP contribution in [-0.4, -0.2) is 32.2 Å². The molecule has 0 saturated heterocycles. The highest BCUT2D eigenvalue weighted by Gasteiger charge is 2.11. The fourth-order valence-corrected chi connectivity index (χ4v) is 3.00. The predicted octanol–water partition coefficient (Wildman–Crippen LogP) is 2.26. The number of halogens is 2. The lowest BCUT2D eigenvalue weighted by atomic mass is 10.3. The first-order valence-electron chi connectivity index (χ1n) is 5.64. The minimum Gasteiger partial charge on any atom is -0.464 e. The van der Waals surface area contributed by atoms with Gasteiger partial charge in [-0.3, -0.25) is 0 Å². The molecule has 4 nitrogen and oxygen atoms in total. The van der Waals surface area contributed by atoms with Gasteiger partial charge in [0.15, 0.2) is 0 Å². The van der Waals surface area contributed by atoms with Crippen molar-refractivity contribution in [2.45, 2.75) is 31.0 Å². The minimum atomic E-state index is -3.02. The molecular weight excluding hydrogens is 296 g/mol. The van der Waals surface area contributed by atoms with Crippen molar-refractivity contribution in [2.24, 2.45) is 0 Å². The summed E-state index contributed by atoms with van der Waals surface area (Å²) < 4.78 is 51.5. The molecule has 0 aliphatic carbocycles. The molecule has 110 valence electrons. The standard InChI is InChI=1S/C11H17F2NO3S2/c1-8(7-19(2,15)16)14-5-9-3-4-10(17-9)6-18-11(12)13/h3-4,8,11,14H,5-7H2,1-2H3. The molecule has 0 aromatic carbocycles. The largest absolute Gasteiger partial charge is 0.464 e. The second-order valence-electron chi connectivity index (χ2n) is 4.31. The number of alkyl halides is 2. The number of hydrogen-bond acceptors (Lipinski definition) is 5. The lowest BCUT2D eigenvalue weighted by molar-refractivity contribution is 0.251.